The molecule has 0 saturated heterocycles. The molecule has 2 aromatic rings. The topological polar surface area (TPSA) is 59.3 Å². The SMILES string of the molecule is CC(/C=N/NC(=O)Cn1nccc1C)=C\c1ccc(C(C)C)cc1. The molecule has 0 spiro atoms. The van der Waals surface area contributed by atoms with Gasteiger partial charge in [0.05, 0.1) is 6.21 Å². The molecule has 0 aliphatic heterocycles. The molecule has 0 unspecified atom stereocenters. The highest BCUT2D eigenvalue weighted by Gasteiger charge is 2.03. The minimum Gasteiger partial charge on any atom is -0.271 e. The molecule has 0 atom stereocenters. The Bertz CT molecular complexity index is 739. The summed E-state index contributed by atoms with van der Waals surface area (Å²) in [5, 5.41) is 8.06. The lowest BCUT2D eigenvalue weighted by molar-refractivity contribution is -0.121. The molecule has 24 heavy (non-hydrogen) atoms. The van der Waals surface area contributed by atoms with Gasteiger partial charge in [-0.2, -0.15) is 10.2 Å². The Morgan fingerprint density at radius 2 is 2.00 bits per heavy atom. The number of nitrogens with zero attached hydrogens (tertiary/aromatic N) is 3. The maximum Gasteiger partial charge on any atom is 0.261 e. The summed E-state index contributed by atoms with van der Waals surface area (Å²) in [6.07, 6.45) is 5.34. The zero-order valence-electron chi connectivity index (χ0n) is 14.7. The number of aromatic nitrogens is 2. The molecule has 1 aromatic carbocycles. The van der Waals surface area contributed by atoms with Gasteiger partial charge in [-0.1, -0.05) is 44.2 Å². The minimum absolute atomic E-state index is 0.162. The molecule has 1 heterocycles. The third-order valence-electron chi connectivity index (χ3n) is 3.68. The van der Waals surface area contributed by atoms with E-state index in [9.17, 15) is 4.79 Å². The molecular weight excluding hydrogens is 300 g/mol. The molecule has 1 aromatic heterocycles. The number of hydrogen-bond acceptors (Lipinski definition) is 3. The van der Waals surface area contributed by atoms with E-state index >= 15 is 0 Å². The first-order valence-electron chi connectivity index (χ1n) is 8.04. The Morgan fingerprint density at radius 3 is 2.58 bits per heavy atom. The lowest BCUT2D eigenvalue weighted by Crippen LogP contribution is -2.24. The smallest absolute Gasteiger partial charge is 0.261 e. The fraction of sp³-hybridized carbons (Fsp3) is 0.316. The average molecular weight is 324 g/mol. The average Bonchev–Trinajstić information content (AvgIpc) is 2.93. The van der Waals surface area contributed by atoms with Crippen LogP contribution in [0.1, 0.15) is 43.5 Å². The monoisotopic (exact) mass is 324 g/mol. The Morgan fingerprint density at radius 1 is 1.29 bits per heavy atom. The van der Waals surface area contributed by atoms with Crippen molar-refractivity contribution in [3.8, 4) is 0 Å². The van der Waals surface area contributed by atoms with E-state index in [1.165, 1.54) is 5.56 Å². The molecule has 1 amide bonds. The van der Waals surface area contributed by atoms with Crippen LogP contribution in [0.2, 0.25) is 0 Å². The highest BCUT2D eigenvalue weighted by Crippen LogP contribution is 2.15. The van der Waals surface area contributed by atoms with Crippen molar-refractivity contribution < 1.29 is 4.79 Å². The van der Waals surface area contributed by atoms with Gasteiger partial charge >= 0.3 is 0 Å². The number of carbonyl (C=O) groups excluding carboxylic acids is 1. The van der Waals surface area contributed by atoms with Gasteiger partial charge in [-0.3, -0.25) is 9.48 Å². The van der Waals surface area contributed by atoms with Crippen LogP contribution in [0, 0.1) is 6.92 Å². The molecule has 1 N–H and O–H groups in total. The zero-order valence-corrected chi connectivity index (χ0v) is 14.7. The second-order valence-electron chi connectivity index (χ2n) is 6.13. The van der Waals surface area contributed by atoms with Gasteiger partial charge in [0, 0.05) is 11.9 Å². The number of hydrazone groups is 1. The van der Waals surface area contributed by atoms with Crippen molar-refractivity contribution in [1.29, 1.82) is 0 Å². The van der Waals surface area contributed by atoms with Crippen LogP contribution in [0.15, 0.2) is 47.2 Å². The highest BCUT2D eigenvalue weighted by atomic mass is 16.2. The molecule has 0 aliphatic rings. The fourth-order valence-corrected chi connectivity index (χ4v) is 2.22. The van der Waals surface area contributed by atoms with Crippen LogP contribution in [0.4, 0.5) is 0 Å². The molecule has 0 saturated carbocycles. The van der Waals surface area contributed by atoms with E-state index in [0.717, 1.165) is 16.8 Å². The Labute approximate surface area is 143 Å². The second kappa shape index (κ2) is 8.24. The lowest BCUT2D eigenvalue weighted by atomic mass is 10.0. The van der Waals surface area contributed by atoms with Gasteiger partial charge in [-0.15, -0.1) is 0 Å². The third kappa shape index (κ3) is 5.19. The van der Waals surface area contributed by atoms with Crippen LogP contribution in [0.5, 0.6) is 0 Å². The van der Waals surface area contributed by atoms with Crippen LogP contribution in [0.3, 0.4) is 0 Å². The predicted molar refractivity (Wildman–Crippen MR) is 97.8 cm³/mol. The van der Waals surface area contributed by atoms with Gasteiger partial charge in [-0.25, -0.2) is 5.43 Å². The molecule has 0 radical (unpaired) electrons. The van der Waals surface area contributed by atoms with Gasteiger partial charge in [0.2, 0.25) is 0 Å². The van der Waals surface area contributed by atoms with Crippen LogP contribution in [-0.2, 0) is 11.3 Å². The van der Waals surface area contributed by atoms with E-state index in [0.29, 0.717) is 5.92 Å². The Hall–Kier alpha value is -2.69. The highest BCUT2D eigenvalue weighted by molar-refractivity contribution is 5.86. The summed E-state index contributed by atoms with van der Waals surface area (Å²) in [6, 6.07) is 10.3. The van der Waals surface area contributed by atoms with Crippen molar-refractivity contribution in [1.82, 2.24) is 15.2 Å². The van der Waals surface area contributed by atoms with Crippen LogP contribution in [0.25, 0.3) is 6.08 Å². The number of amides is 1. The minimum atomic E-state index is -0.202. The van der Waals surface area contributed by atoms with Gasteiger partial charge in [-0.05, 0) is 42.5 Å². The summed E-state index contributed by atoms with van der Waals surface area (Å²) >= 11 is 0. The van der Waals surface area contributed by atoms with E-state index in [4.69, 9.17) is 0 Å². The second-order valence-corrected chi connectivity index (χ2v) is 6.13. The summed E-state index contributed by atoms with van der Waals surface area (Å²) in [5.74, 6) is 0.325. The predicted octanol–water partition coefficient (Wildman–Crippen LogP) is 3.52. The number of rotatable bonds is 6. The van der Waals surface area contributed by atoms with Crippen molar-refractivity contribution in [2.24, 2.45) is 5.10 Å². The fourth-order valence-electron chi connectivity index (χ4n) is 2.22. The van der Waals surface area contributed by atoms with E-state index in [-0.39, 0.29) is 12.5 Å². The van der Waals surface area contributed by atoms with Crippen LogP contribution < -0.4 is 5.43 Å². The summed E-state index contributed by atoms with van der Waals surface area (Å²) in [6.45, 7) is 8.37. The summed E-state index contributed by atoms with van der Waals surface area (Å²) in [4.78, 5) is 11.8. The number of allylic oxidation sites excluding steroid dienone is 1. The van der Waals surface area contributed by atoms with Crippen molar-refractivity contribution in [2.75, 3.05) is 0 Å². The van der Waals surface area contributed by atoms with Crippen molar-refractivity contribution >= 4 is 18.2 Å². The quantitative estimate of drug-likeness (QED) is 0.653. The molecule has 5 heteroatoms. The molecule has 2 rings (SSSR count). The molecule has 0 bridgehead atoms. The normalized spacial score (nSPS) is 12.1. The molecular formula is C19H24N4O. The first-order chi connectivity index (χ1) is 11.5. The van der Waals surface area contributed by atoms with Crippen molar-refractivity contribution in [3.63, 3.8) is 0 Å². The first-order valence-corrected chi connectivity index (χ1v) is 8.04. The van der Waals surface area contributed by atoms with Crippen molar-refractivity contribution in [2.45, 2.75) is 40.2 Å². The van der Waals surface area contributed by atoms with Gasteiger partial charge in [0.15, 0.2) is 0 Å². The summed E-state index contributed by atoms with van der Waals surface area (Å²) in [7, 11) is 0. The third-order valence-corrected chi connectivity index (χ3v) is 3.68. The summed E-state index contributed by atoms with van der Waals surface area (Å²) < 4.78 is 1.63. The zero-order chi connectivity index (χ0) is 17.5. The maximum atomic E-state index is 11.8. The molecule has 0 fully saturated rings. The van der Waals surface area contributed by atoms with E-state index in [1.807, 2.05) is 26.0 Å². The number of nitrogens with one attached hydrogen (secondary N) is 1. The molecule has 0 aliphatic carbocycles. The molecule has 5 nitrogen and oxygen atoms in total. The number of hydrogen-bond donors (Lipinski definition) is 1. The van der Waals surface area contributed by atoms with Crippen LogP contribution in [-0.4, -0.2) is 21.9 Å². The molecule has 126 valence electrons. The van der Waals surface area contributed by atoms with Crippen molar-refractivity contribution in [3.05, 3.63) is 58.9 Å². The van der Waals surface area contributed by atoms with Crippen LogP contribution >= 0.6 is 0 Å². The number of benzene rings is 1. The Balaban J connectivity index is 1.88. The largest absolute Gasteiger partial charge is 0.271 e. The first kappa shape index (κ1) is 17.7. The standard InChI is InChI=1S/C19H24N4O/c1-14(2)18-7-5-17(6-8-18)11-15(3)12-20-22-19(24)13-23-16(4)9-10-21-23/h5-12,14H,13H2,1-4H3,(H,22,24)/b15-11+,20-12+. The summed E-state index contributed by atoms with van der Waals surface area (Å²) in [5.41, 5.74) is 6.85. The van der Waals surface area contributed by atoms with E-state index in [2.05, 4.69) is 53.7 Å². The number of carbonyl (C=O) groups is 1. The van der Waals surface area contributed by atoms with Gasteiger partial charge < -0.3 is 0 Å². The maximum absolute atomic E-state index is 11.8. The van der Waals surface area contributed by atoms with Gasteiger partial charge in [0.25, 0.3) is 5.91 Å². The van der Waals surface area contributed by atoms with E-state index in [1.54, 1.807) is 17.1 Å². The number of aryl methyl sites for hydroxylation is 1. The van der Waals surface area contributed by atoms with E-state index < -0.39 is 0 Å². The Kier molecular flexibility index (Phi) is 6.07. The lowest BCUT2D eigenvalue weighted by Gasteiger charge is -2.05. The van der Waals surface area contributed by atoms with Gasteiger partial charge in [0.1, 0.15) is 6.54 Å².